The number of ether oxygens (including phenoxy) is 1. The van der Waals surface area contributed by atoms with Crippen molar-refractivity contribution in [1.82, 2.24) is 0 Å². The van der Waals surface area contributed by atoms with Crippen LogP contribution >= 0.6 is 0 Å². The summed E-state index contributed by atoms with van der Waals surface area (Å²) in [5, 5.41) is 22.0. The molecule has 0 aromatic rings. The van der Waals surface area contributed by atoms with Crippen molar-refractivity contribution in [2.75, 3.05) is 0 Å². The zero-order valence-electron chi connectivity index (χ0n) is 23.7. The Morgan fingerprint density at radius 2 is 1.81 bits per heavy atom. The molecule has 6 aliphatic carbocycles. The molecule has 1 heterocycles. The van der Waals surface area contributed by atoms with Crippen LogP contribution in [-0.2, 0) is 4.74 Å². The van der Waals surface area contributed by atoms with Crippen molar-refractivity contribution >= 4 is 0 Å². The molecule has 1 spiro atoms. The van der Waals surface area contributed by atoms with Crippen LogP contribution < -0.4 is 0 Å². The predicted molar refractivity (Wildman–Crippen MR) is 148 cm³/mol. The first-order chi connectivity index (χ1) is 17.8. The minimum atomic E-state index is -0.240. The second-order valence-corrected chi connectivity index (χ2v) is 15.2. The molecule has 206 valence electrons. The molecular weight excluding hydrogens is 456 g/mol. The van der Waals surface area contributed by atoms with Crippen LogP contribution in [0.15, 0.2) is 23.8 Å². The SMILES string of the molecule is C=C1CC(C(CC)C(C)C2CC(C3CC3O)CC3C(O)CC(C4CCC5C6CC56CC4)OC32)=CC(C)C1. The van der Waals surface area contributed by atoms with E-state index in [1.807, 2.05) is 0 Å². The highest BCUT2D eigenvalue weighted by molar-refractivity contribution is 5.26. The van der Waals surface area contributed by atoms with E-state index in [9.17, 15) is 10.2 Å². The Hall–Kier alpha value is -0.640. The maximum Gasteiger partial charge on any atom is 0.0662 e. The number of rotatable bonds is 6. The van der Waals surface area contributed by atoms with Crippen molar-refractivity contribution in [1.29, 1.82) is 0 Å². The van der Waals surface area contributed by atoms with Crippen LogP contribution in [0.25, 0.3) is 0 Å². The van der Waals surface area contributed by atoms with Gasteiger partial charge in [0.2, 0.25) is 0 Å². The lowest BCUT2D eigenvalue weighted by molar-refractivity contribution is -0.202. The topological polar surface area (TPSA) is 49.7 Å². The molecular formula is C34H52O3. The van der Waals surface area contributed by atoms with E-state index in [2.05, 4.69) is 33.4 Å². The number of aliphatic hydroxyl groups excluding tert-OH is 2. The van der Waals surface area contributed by atoms with Crippen LogP contribution in [0.3, 0.4) is 0 Å². The summed E-state index contributed by atoms with van der Waals surface area (Å²) in [5.74, 6) is 6.16. The maximum absolute atomic E-state index is 11.6. The number of hydrogen-bond donors (Lipinski definition) is 2. The van der Waals surface area contributed by atoms with Gasteiger partial charge in [-0.3, -0.25) is 0 Å². The van der Waals surface area contributed by atoms with E-state index >= 15 is 0 Å². The second kappa shape index (κ2) is 9.20. The van der Waals surface area contributed by atoms with Gasteiger partial charge in [-0.2, -0.15) is 0 Å². The smallest absolute Gasteiger partial charge is 0.0662 e. The maximum atomic E-state index is 11.6. The van der Waals surface area contributed by atoms with Crippen molar-refractivity contribution in [3.8, 4) is 0 Å². The van der Waals surface area contributed by atoms with Crippen LogP contribution in [0.2, 0.25) is 0 Å². The van der Waals surface area contributed by atoms with Crippen LogP contribution in [0.4, 0.5) is 0 Å². The Labute approximate surface area is 225 Å². The third-order valence-corrected chi connectivity index (χ3v) is 13.1. The number of aliphatic hydroxyl groups is 2. The van der Waals surface area contributed by atoms with Crippen molar-refractivity contribution < 1.29 is 14.9 Å². The molecule has 3 heteroatoms. The summed E-state index contributed by atoms with van der Waals surface area (Å²) in [6.45, 7) is 11.6. The summed E-state index contributed by atoms with van der Waals surface area (Å²) in [7, 11) is 0. The summed E-state index contributed by atoms with van der Waals surface area (Å²) < 4.78 is 7.23. The van der Waals surface area contributed by atoms with Crippen molar-refractivity contribution in [2.24, 2.45) is 64.6 Å². The molecule has 1 saturated heterocycles. The molecule has 1 aliphatic heterocycles. The van der Waals surface area contributed by atoms with Gasteiger partial charge in [0.25, 0.3) is 0 Å². The van der Waals surface area contributed by atoms with Gasteiger partial charge in [0.15, 0.2) is 0 Å². The molecule has 7 rings (SSSR count). The molecule has 0 radical (unpaired) electrons. The highest BCUT2D eigenvalue weighted by Gasteiger charge is 2.77. The standard InChI is InChI=1S/C34H52O3/c1-5-24(22-11-18(2)10-19(3)12-22)20(4)25-13-23(26-15-30(26)35)14-27-31(36)16-32(37-33(25)27)21-6-7-28-29-17-34(28,29)9-8-21/h12,19-21,23-33,35-36H,2,5-11,13-17H2,1,3-4H3. The lowest BCUT2D eigenvalue weighted by atomic mass is 9.60. The largest absolute Gasteiger partial charge is 0.393 e. The first kappa shape index (κ1) is 25.3. The lowest BCUT2D eigenvalue weighted by Gasteiger charge is -2.53. The molecule has 15 unspecified atom stereocenters. The Bertz CT molecular complexity index is 939. The molecule has 5 saturated carbocycles. The molecule has 7 aliphatic rings. The van der Waals surface area contributed by atoms with Gasteiger partial charge in [-0.15, -0.1) is 0 Å². The van der Waals surface area contributed by atoms with Gasteiger partial charge in [-0.05, 0) is 129 Å². The minimum Gasteiger partial charge on any atom is -0.393 e. The monoisotopic (exact) mass is 508 g/mol. The van der Waals surface area contributed by atoms with Crippen molar-refractivity contribution in [3.05, 3.63) is 23.8 Å². The molecule has 0 bridgehead atoms. The Balaban J connectivity index is 1.13. The Kier molecular flexibility index (Phi) is 6.30. The average Bonchev–Trinajstić information content (AvgIpc) is 3.78. The molecule has 2 N–H and O–H groups in total. The zero-order valence-corrected chi connectivity index (χ0v) is 23.7. The van der Waals surface area contributed by atoms with Crippen LogP contribution in [0.1, 0.15) is 97.8 Å². The fourth-order valence-corrected chi connectivity index (χ4v) is 10.8. The minimum absolute atomic E-state index is 0.109. The summed E-state index contributed by atoms with van der Waals surface area (Å²) >= 11 is 0. The first-order valence-corrected chi connectivity index (χ1v) is 16.2. The van der Waals surface area contributed by atoms with Crippen molar-refractivity contribution in [3.63, 3.8) is 0 Å². The fraction of sp³-hybridized carbons (Fsp3) is 0.882. The Morgan fingerprint density at radius 3 is 2.51 bits per heavy atom. The lowest BCUT2D eigenvalue weighted by Crippen LogP contribution is -2.55. The van der Waals surface area contributed by atoms with E-state index in [0.717, 1.165) is 55.8 Å². The number of allylic oxidation sites excluding steroid dienone is 3. The quantitative estimate of drug-likeness (QED) is 0.383. The Morgan fingerprint density at radius 1 is 1.03 bits per heavy atom. The highest BCUT2D eigenvalue weighted by atomic mass is 16.5. The summed E-state index contributed by atoms with van der Waals surface area (Å²) in [6.07, 6.45) is 17.0. The fourth-order valence-electron chi connectivity index (χ4n) is 10.8. The van der Waals surface area contributed by atoms with E-state index in [1.165, 1.54) is 44.1 Å². The normalized spacial score (nSPS) is 54.1. The van der Waals surface area contributed by atoms with E-state index in [0.29, 0.717) is 41.4 Å². The van der Waals surface area contributed by atoms with Gasteiger partial charge in [0, 0.05) is 12.3 Å². The van der Waals surface area contributed by atoms with E-state index < -0.39 is 0 Å². The predicted octanol–water partition coefficient (Wildman–Crippen LogP) is 6.93. The highest BCUT2D eigenvalue weighted by Crippen LogP contribution is 2.84. The summed E-state index contributed by atoms with van der Waals surface area (Å²) in [6, 6.07) is 0. The van der Waals surface area contributed by atoms with Crippen LogP contribution in [0, 0.1) is 64.6 Å². The molecule has 6 fully saturated rings. The number of hydrogen-bond acceptors (Lipinski definition) is 3. The van der Waals surface area contributed by atoms with Crippen LogP contribution in [0.5, 0.6) is 0 Å². The zero-order chi connectivity index (χ0) is 25.6. The third kappa shape index (κ3) is 4.33. The second-order valence-electron chi connectivity index (χ2n) is 15.2. The van der Waals surface area contributed by atoms with Gasteiger partial charge in [0.1, 0.15) is 0 Å². The molecule has 0 amide bonds. The molecule has 0 aromatic carbocycles. The molecule has 15 atom stereocenters. The van der Waals surface area contributed by atoms with Gasteiger partial charge in [0.05, 0.1) is 24.4 Å². The van der Waals surface area contributed by atoms with Crippen molar-refractivity contribution in [2.45, 2.75) is 122 Å². The summed E-state index contributed by atoms with van der Waals surface area (Å²) in [5.41, 5.74) is 3.77. The molecule has 37 heavy (non-hydrogen) atoms. The first-order valence-electron chi connectivity index (χ1n) is 16.2. The third-order valence-electron chi connectivity index (χ3n) is 13.1. The molecule has 0 aromatic heterocycles. The van der Waals surface area contributed by atoms with Gasteiger partial charge >= 0.3 is 0 Å². The van der Waals surface area contributed by atoms with E-state index in [1.54, 1.807) is 5.57 Å². The number of fused-ring (bicyclic) bond motifs is 2. The van der Waals surface area contributed by atoms with E-state index in [4.69, 9.17) is 4.74 Å². The van der Waals surface area contributed by atoms with Crippen LogP contribution in [-0.4, -0.2) is 34.6 Å². The average molecular weight is 509 g/mol. The van der Waals surface area contributed by atoms with Gasteiger partial charge in [-0.25, -0.2) is 0 Å². The van der Waals surface area contributed by atoms with E-state index in [-0.39, 0.29) is 30.3 Å². The van der Waals surface area contributed by atoms with Gasteiger partial charge in [-0.1, -0.05) is 44.6 Å². The van der Waals surface area contributed by atoms with Gasteiger partial charge < -0.3 is 14.9 Å². The summed E-state index contributed by atoms with van der Waals surface area (Å²) in [4.78, 5) is 0. The molecule has 3 nitrogen and oxygen atoms in total.